The van der Waals surface area contributed by atoms with Crippen LogP contribution in [0.4, 0.5) is 0 Å². The topological polar surface area (TPSA) is 35.2 Å². The molecule has 0 radical (unpaired) electrons. The third-order valence-corrected chi connectivity index (χ3v) is 2.87. The first kappa shape index (κ1) is 9.36. The minimum Gasteiger partial charge on any atom is -0.381 e. The Hall–Kier alpha value is 0.270. The zero-order valence-electron chi connectivity index (χ0n) is 7.08. The van der Waals surface area contributed by atoms with Gasteiger partial charge in [0.15, 0.2) is 0 Å². The van der Waals surface area contributed by atoms with Crippen LogP contribution in [0.1, 0.15) is 12.8 Å². The predicted molar refractivity (Wildman–Crippen MR) is 49.9 cm³/mol. The van der Waals surface area contributed by atoms with Crippen LogP contribution in [0, 0.1) is 5.92 Å². The van der Waals surface area contributed by atoms with Crippen molar-refractivity contribution in [2.75, 3.05) is 25.2 Å². The van der Waals surface area contributed by atoms with Crippen molar-refractivity contribution in [1.29, 1.82) is 0 Å². The van der Waals surface area contributed by atoms with Crippen LogP contribution in [0.25, 0.3) is 0 Å². The zero-order valence-corrected chi connectivity index (χ0v) is 7.90. The molecule has 1 aliphatic rings. The van der Waals surface area contributed by atoms with Gasteiger partial charge in [-0.15, -0.1) is 0 Å². The highest BCUT2D eigenvalue weighted by atomic mass is 32.2. The van der Waals surface area contributed by atoms with E-state index in [4.69, 9.17) is 10.5 Å². The van der Waals surface area contributed by atoms with Crippen molar-refractivity contribution in [3.8, 4) is 0 Å². The summed E-state index contributed by atoms with van der Waals surface area (Å²) in [6.07, 6.45) is 4.39. The highest BCUT2D eigenvalue weighted by Gasteiger charge is 2.21. The van der Waals surface area contributed by atoms with Gasteiger partial charge in [0.1, 0.15) is 0 Å². The molecule has 1 rings (SSSR count). The van der Waals surface area contributed by atoms with Crippen LogP contribution < -0.4 is 5.73 Å². The van der Waals surface area contributed by atoms with Crippen molar-refractivity contribution in [2.24, 2.45) is 11.7 Å². The van der Waals surface area contributed by atoms with Crippen LogP contribution in [0.2, 0.25) is 0 Å². The van der Waals surface area contributed by atoms with Gasteiger partial charge in [-0.2, -0.15) is 11.8 Å². The molecule has 1 saturated heterocycles. The molecule has 2 atom stereocenters. The number of thioether (sulfide) groups is 1. The number of nitrogens with two attached hydrogens (primary N) is 1. The lowest BCUT2D eigenvalue weighted by atomic mass is 9.94. The summed E-state index contributed by atoms with van der Waals surface area (Å²) in [5.74, 6) is 1.82. The first-order valence-corrected chi connectivity index (χ1v) is 5.56. The summed E-state index contributed by atoms with van der Waals surface area (Å²) in [6, 6.07) is 0.385. The third kappa shape index (κ3) is 3.01. The van der Waals surface area contributed by atoms with E-state index in [0.29, 0.717) is 12.0 Å². The lowest BCUT2D eigenvalue weighted by Gasteiger charge is -2.28. The molecule has 0 aromatic rings. The average molecular weight is 175 g/mol. The number of hydrogen-bond donors (Lipinski definition) is 1. The molecule has 0 aromatic carbocycles. The summed E-state index contributed by atoms with van der Waals surface area (Å²) < 4.78 is 5.36. The van der Waals surface area contributed by atoms with E-state index >= 15 is 0 Å². The third-order valence-electron chi connectivity index (χ3n) is 2.23. The molecular formula is C8H17NOS. The molecular weight excluding hydrogens is 158 g/mol. The van der Waals surface area contributed by atoms with Crippen LogP contribution >= 0.6 is 11.8 Å². The van der Waals surface area contributed by atoms with Gasteiger partial charge in [-0.3, -0.25) is 0 Å². The summed E-state index contributed by atoms with van der Waals surface area (Å²) in [6.45, 7) is 1.73. The van der Waals surface area contributed by atoms with E-state index in [0.717, 1.165) is 19.6 Å². The quantitative estimate of drug-likeness (QED) is 0.697. The Morgan fingerprint density at radius 1 is 1.64 bits per heavy atom. The molecule has 66 valence electrons. The van der Waals surface area contributed by atoms with Gasteiger partial charge in [0.05, 0.1) is 6.61 Å². The van der Waals surface area contributed by atoms with Gasteiger partial charge in [-0.25, -0.2) is 0 Å². The smallest absolute Gasteiger partial charge is 0.0509 e. The second kappa shape index (κ2) is 5.01. The molecule has 0 spiro atoms. The molecule has 1 aliphatic heterocycles. The van der Waals surface area contributed by atoms with E-state index in [1.807, 2.05) is 11.8 Å². The van der Waals surface area contributed by atoms with Crippen molar-refractivity contribution < 1.29 is 4.74 Å². The Kier molecular flexibility index (Phi) is 4.26. The highest BCUT2D eigenvalue weighted by Crippen LogP contribution is 2.17. The first-order valence-electron chi connectivity index (χ1n) is 4.17. The predicted octanol–water partition coefficient (Wildman–Crippen LogP) is 1.10. The lowest BCUT2D eigenvalue weighted by Crippen LogP contribution is -2.38. The molecule has 0 saturated carbocycles. The van der Waals surface area contributed by atoms with Crippen molar-refractivity contribution in [3.63, 3.8) is 0 Å². The van der Waals surface area contributed by atoms with E-state index in [1.54, 1.807) is 0 Å². The van der Waals surface area contributed by atoms with Crippen LogP contribution in [-0.4, -0.2) is 31.3 Å². The largest absolute Gasteiger partial charge is 0.381 e. The first-order chi connectivity index (χ1) is 5.34. The monoisotopic (exact) mass is 175 g/mol. The van der Waals surface area contributed by atoms with E-state index in [-0.39, 0.29) is 0 Å². The van der Waals surface area contributed by atoms with Gasteiger partial charge < -0.3 is 10.5 Å². The Labute approximate surface area is 72.9 Å². The van der Waals surface area contributed by atoms with Crippen molar-refractivity contribution in [2.45, 2.75) is 18.9 Å². The van der Waals surface area contributed by atoms with Crippen LogP contribution in [0.15, 0.2) is 0 Å². The van der Waals surface area contributed by atoms with Crippen molar-refractivity contribution in [3.05, 3.63) is 0 Å². The van der Waals surface area contributed by atoms with Gasteiger partial charge in [0, 0.05) is 12.6 Å². The van der Waals surface area contributed by atoms with Gasteiger partial charge >= 0.3 is 0 Å². The van der Waals surface area contributed by atoms with Gasteiger partial charge in [0.2, 0.25) is 0 Å². The SMILES string of the molecule is CSCCC1COCCC1N. The van der Waals surface area contributed by atoms with Gasteiger partial charge in [-0.1, -0.05) is 0 Å². The maximum atomic E-state index is 5.93. The molecule has 2 N–H and O–H groups in total. The molecule has 2 unspecified atom stereocenters. The molecule has 0 aromatic heterocycles. The number of ether oxygens (including phenoxy) is 1. The zero-order chi connectivity index (χ0) is 8.10. The fraction of sp³-hybridized carbons (Fsp3) is 1.00. The van der Waals surface area contributed by atoms with Crippen LogP contribution in [0.5, 0.6) is 0 Å². The summed E-state index contributed by atoms with van der Waals surface area (Å²) >= 11 is 1.89. The second-order valence-electron chi connectivity index (χ2n) is 3.07. The summed E-state index contributed by atoms with van der Waals surface area (Å²) in [4.78, 5) is 0. The fourth-order valence-electron chi connectivity index (χ4n) is 1.38. The van der Waals surface area contributed by atoms with Crippen LogP contribution in [0.3, 0.4) is 0 Å². The molecule has 0 bridgehead atoms. The Bertz CT molecular complexity index is 110. The average Bonchev–Trinajstić information content (AvgIpc) is 2.03. The standard InChI is InChI=1S/C8H17NOS/c1-11-5-3-7-6-10-4-2-8(7)9/h7-8H,2-6,9H2,1H3. The molecule has 11 heavy (non-hydrogen) atoms. The van der Waals surface area contributed by atoms with Crippen molar-refractivity contribution in [1.82, 2.24) is 0 Å². The lowest BCUT2D eigenvalue weighted by molar-refractivity contribution is 0.0412. The molecule has 2 nitrogen and oxygen atoms in total. The molecule has 1 heterocycles. The molecule has 1 fully saturated rings. The van der Waals surface area contributed by atoms with Crippen molar-refractivity contribution >= 4 is 11.8 Å². The normalized spacial score (nSPS) is 32.2. The second-order valence-corrected chi connectivity index (χ2v) is 4.05. The number of rotatable bonds is 3. The van der Waals surface area contributed by atoms with E-state index in [1.165, 1.54) is 12.2 Å². The van der Waals surface area contributed by atoms with Gasteiger partial charge in [0.25, 0.3) is 0 Å². The van der Waals surface area contributed by atoms with E-state index in [9.17, 15) is 0 Å². The summed E-state index contributed by atoms with van der Waals surface area (Å²) in [5.41, 5.74) is 5.93. The van der Waals surface area contributed by atoms with E-state index < -0.39 is 0 Å². The molecule has 3 heteroatoms. The highest BCUT2D eigenvalue weighted by molar-refractivity contribution is 7.98. The summed E-state index contributed by atoms with van der Waals surface area (Å²) in [7, 11) is 0. The number of hydrogen-bond acceptors (Lipinski definition) is 3. The van der Waals surface area contributed by atoms with Gasteiger partial charge in [-0.05, 0) is 30.8 Å². The summed E-state index contributed by atoms with van der Waals surface area (Å²) in [5, 5.41) is 0. The molecule has 0 amide bonds. The maximum absolute atomic E-state index is 5.93. The minimum absolute atomic E-state index is 0.385. The van der Waals surface area contributed by atoms with Crippen LogP contribution in [-0.2, 0) is 4.74 Å². The van der Waals surface area contributed by atoms with E-state index in [2.05, 4.69) is 6.26 Å². The Morgan fingerprint density at radius 3 is 3.09 bits per heavy atom. The molecule has 0 aliphatic carbocycles. The Morgan fingerprint density at radius 2 is 2.45 bits per heavy atom. The minimum atomic E-state index is 0.385. The fourth-order valence-corrected chi connectivity index (χ4v) is 1.92. The Balaban J connectivity index is 2.18. The maximum Gasteiger partial charge on any atom is 0.0509 e.